The standard InChI is InChI=1S/C7H9ClN2/c1-5(2)10-4-7(8)9-6(10)3/h4H,1H2,2-3H3. The second-order valence-electron chi connectivity index (χ2n) is 2.22. The van der Waals surface area contributed by atoms with Crippen molar-refractivity contribution in [3.05, 3.63) is 23.8 Å². The molecule has 3 heteroatoms. The zero-order chi connectivity index (χ0) is 7.72. The highest BCUT2D eigenvalue weighted by molar-refractivity contribution is 6.29. The van der Waals surface area contributed by atoms with Crippen molar-refractivity contribution >= 4 is 17.3 Å². The van der Waals surface area contributed by atoms with Crippen molar-refractivity contribution < 1.29 is 0 Å². The highest BCUT2D eigenvalue weighted by atomic mass is 35.5. The molecular formula is C7H9ClN2. The van der Waals surface area contributed by atoms with E-state index >= 15 is 0 Å². The van der Waals surface area contributed by atoms with Gasteiger partial charge in [0.05, 0.1) is 0 Å². The van der Waals surface area contributed by atoms with Crippen molar-refractivity contribution in [3.8, 4) is 0 Å². The maximum Gasteiger partial charge on any atom is 0.147 e. The molecule has 0 saturated heterocycles. The summed E-state index contributed by atoms with van der Waals surface area (Å²) < 4.78 is 1.85. The third kappa shape index (κ3) is 1.21. The van der Waals surface area contributed by atoms with E-state index in [2.05, 4.69) is 11.6 Å². The first-order valence-electron chi connectivity index (χ1n) is 2.98. The van der Waals surface area contributed by atoms with Crippen LogP contribution in [-0.4, -0.2) is 9.55 Å². The van der Waals surface area contributed by atoms with E-state index in [1.165, 1.54) is 0 Å². The molecule has 10 heavy (non-hydrogen) atoms. The second kappa shape index (κ2) is 2.46. The molecular weight excluding hydrogens is 148 g/mol. The highest BCUT2D eigenvalue weighted by Crippen LogP contribution is 2.11. The number of nitrogens with zero attached hydrogens (tertiary/aromatic N) is 2. The Labute approximate surface area is 65.1 Å². The Kier molecular flexibility index (Phi) is 1.81. The largest absolute Gasteiger partial charge is 0.307 e. The molecule has 0 radical (unpaired) electrons. The molecule has 0 bridgehead atoms. The summed E-state index contributed by atoms with van der Waals surface area (Å²) in [6.45, 7) is 7.56. The first-order valence-corrected chi connectivity index (χ1v) is 3.36. The molecule has 0 atom stereocenters. The second-order valence-corrected chi connectivity index (χ2v) is 2.60. The zero-order valence-electron chi connectivity index (χ0n) is 6.06. The molecule has 1 rings (SSSR count). The van der Waals surface area contributed by atoms with Crippen LogP contribution in [0.15, 0.2) is 12.8 Å². The number of halogens is 1. The highest BCUT2D eigenvalue weighted by Gasteiger charge is 1.99. The van der Waals surface area contributed by atoms with E-state index in [1.807, 2.05) is 18.4 Å². The molecule has 0 N–H and O–H groups in total. The van der Waals surface area contributed by atoms with Gasteiger partial charge in [-0.15, -0.1) is 0 Å². The van der Waals surface area contributed by atoms with E-state index in [9.17, 15) is 0 Å². The van der Waals surface area contributed by atoms with Crippen LogP contribution in [0.3, 0.4) is 0 Å². The lowest BCUT2D eigenvalue weighted by atomic mass is 10.5. The number of imidazole rings is 1. The molecule has 0 aromatic carbocycles. The Balaban J connectivity index is 3.15. The first kappa shape index (κ1) is 7.35. The third-order valence-electron chi connectivity index (χ3n) is 1.26. The molecule has 0 aliphatic rings. The maximum absolute atomic E-state index is 5.64. The van der Waals surface area contributed by atoms with Gasteiger partial charge >= 0.3 is 0 Å². The third-order valence-corrected chi connectivity index (χ3v) is 1.45. The minimum Gasteiger partial charge on any atom is -0.307 e. The number of hydrogen-bond donors (Lipinski definition) is 0. The quantitative estimate of drug-likeness (QED) is 0.610. The molecule has 0 unspecified atom stereocenters. The van der Waals surface area contributed by atoms with E-state index in [0.717, 1.165) is 11.5 Å². The summed E-state index contributed by atoms with van der Waals surface area (Å²) in [4.78, 5) is 4.00. The van der Waals surface area contributed by atoms with Crippen LogP contribution in [0, 0.1) is 6.92 Å². The minimum absolute atomic E-state index is 0.514. The van der Waals surface area contributed by atoms with Crippen LogP contribution in [0.4, 0.5) is 0 Å². The van der Waals surface area contributed by atoms with Gasteiger partial charge < -0.3 is 4.57 Å². The van der Waals surface area contributed by atoms with Crippen LogP contribution in [0.2, 0.25) is 5.15 Å². The molecule has 0 amide bonds. The van der Waals surface area contributed by atoms with E-state index in [1.54, 1.807) is 6.20 Å². The summed E-state index contributed by atoms with van der Waals surface area (Å²) in [5, 5.41) is 0.514. The Hall–Kier alpha value is -0.760. The van der Waals surface area contributed by atoms with Crippen molar-refractivity contribution in [3.63, 3.8) is 0 Å². The van der Waals surface area contributed by atoms with Crippen LogP contribution in [0.5, 0.6) is 0 Å². The Bertz CT molecular complexity index is 263. The normalized spacial score (nSPS) is 9.90. The van der Waals surface area contributed by atoms with E-state index in [0.29, 0.717) is 5.15 Å². The van der Waals surface area contributed by atoms with Gasteiger partial charge in [0, 0.05) is 11.9 Å². The van der Waals surface area contributed by atoms with E-state index in [-0.39, 0.29) is 0 Å². The van der Waals surface area contributed by atoms with Crippen molar-refractivity contribution in [2.24, 2.45) is 0 Å². The number of aromatic nitrogens is 2. The Morgan fingerprint density at radius 2 is 2.40 bits per heavy atom. The molecule has 2 nitrogen and oxygen atoms in total. The SMILES string of the molecule is C=C(C)n1cc(Cl)nc1C. The first-order chi connectivity index (χ1) is 4.61. The molecule has 0 saturated carbocycles. The van der Waals surface area contributed by atoms with Crippen LogP contribution in [0.25, 0.3) is 5.70 Å². The Morgan fingerprint density at radius 1 is 1.80 bits per heavy atom. The van der Waals surface area contributed by atoms with Crippen LogP contribution >= 0.6 is 11.6 Å². The average molecular weight is 157 g/mol. The molecule has 1 heterocycles. The lowest BCUT2D eigenvalue weighted by Gasteiger charge is -1.99. The summed E-state index contributed by atoms with van der Waals surface area (Å²) in [5.41, 5.74) is 0.928. The number of hydrogen-bond acceptors (Lipinski definition) is 1. The smallest absolute Gasteiger partial charge is 0.147 e. The summed E-state index contributed by atoms with van der Waals surface area (Å²) in [6, 6.07) is 0. The zero-order valence-corrected chi connectivity index (χ0v) is 6.81. The molecule has 0 fully saturated rings. The fraction of sp³-hybridized carbons (Fsp3) is 0.286. The van der Waals surface area contributed by atoms with Gasteiger partial charge in [-0.1, -0.05) is 18.2 Å². The fourth-order valence-electron chi connectivity index (χ4n) is 0.824. The monoisotopic (exact) mass is 156 g/mol. The van der Waals surface area contributed by atoms with Crippen molar-refractivity contribution in [2.75, 3.05) is 0 Å². The van der Waals surface area contributed by atoms with E-state index in [4.69, 9.17) is 11.6 Å². The Morgan fingerprint density at radius 3 is 2.60 bits per heavy atom. The summed E-state index contributed by atoms with van der Waals surface area (Å²) in [7, 11) is 0. The average Bonchev–Trinajstić information content (AvgIpc) is 2.10. The van der Waals surface area contributed by atoms with Crippen LogP contribution in [0.1, 0.15) is 12.7 Å². The van der Waals surface area contributed by atoms with Gasteiger partial charge in [0.15, 0.2) is 0 Å². The van der Waals surface area contributed by atoms with Gasteiger partial charge in [0.25, 0.3) is 0 Å². The van der Waals surface area contributed by atoms with Crippen molar-refractivity contribution in [2.45, 2.75) is 13.8 Å². The van der Waals surface area contributed by atoms with Crippen molar-refractivity contribution in [1.82, 2.24) is 9.55 Å². The molecule has 1 aromatic heterocycles. The van der Waals surface area contributed by atoms with Gasteiger partial charge in [0.1, 0.15) is 11.0 Å². The molecule has 1 aromatic rings. The van der Waals surface area contributed by atoms with Gasteiger partial charge in [-0.25, -0.2) is 4.98 Å². The predicted octanol–water partition coefficient (Wildman–Crippen LogP) is 2.34. The summed E-state index contributed by atoms with van der Waals surface area (Å²) in [6.07, 6.45) is 1.75. The topological polar surface area (TPSA) is 17.8 Å². The summed E-state index contributed by atoms with van der Waals surface area (Å²) >= 11 is 5.64. The fourth-order valence-corrected chi connectivity index (χ4v) is 1.04. The molecule has 0 aliphatic heterocycles. The number of allylic oxidation sites excluding steroid dienone is 1. The molecule has 0 spiro atoms. The van der Waals surface area contributed by atoms with Crippen LogP contribution in [-0.2, 0) is 0 Å². The lowest BCUT2D eigenvalue weighted by Crippen LogP contribution is -1.92. The lowest BCUT2D eigenvalue weighted by molar-refractivity contribution is 0.992. The molecule has 54 valence electrons. The van der Waals surface area contributed by atoms with Gasteiger partial charge in [0.2, 0.25) is 0 Å². The van der Waals surface area contributed by atoms with E-state index < -0.39 is 0 Å². The minimum atomic E-state index is 0.514. The van der Waals surface area contributed by atoms with Gasteiger partial charge in [-0.3, -0.25) is 0 Å². The van der Waals surface area contributed by atoms with Gasteiger partial charge in [-0.2, -0.15) is 0 Å². The summed E-state index contributed by atoms with van der Waals surface area (Å²) in [5.74, 6) is 0.873. The van der Waals surface area contributed by atoms with Gasteiger partial charge in [-0.05, 0) is 13.8 Å². The molecule has 0 aliphatic carbocycles. The number of aryl methyl sites for hydroxylation is 1. The number of rotatable bonds is 1. The van der Waals surface area contributed by atoms with Crippen LogP contribution < -0.4 is 0 Å². The van der Waals surface area contributed by atoms with Crippen molar-refractivity contribution in [1.29, 1.82) is 0 Å². The maximum atomic E-state index is 5.64. The predicted molar refractivity (Wildman–Crippen MR) is 43.0 cm³/mol.